The van der Waals surface area contributed by atoms with E-state index in [0.717, 1.165) is 5.56 Å². The van der Waals surface area contributed by atoms with Crippen LogP contribution < -0.4 is 5.73 Å². The molecule has 0 aliphatic rings. The van der Waals surface area contributed by atoms with Crippen molar-refractivity contribution in [2.75, 3.05) is 6.61 Å². The molecule has 0 fully saturated rings. The van der Waals surface area contributed by atoms with E-state index in [9.17, 15) is 4.79 Å². The summed E-state index contributed by atoms with van der Waals surface area (Å²) < 4.78 is 6.55. The minimum Gasteiger partial charge on any atom is -0.461 e. The van der Waals surface area contributed by atoms with E-state index in [2.05, 4.69) is 10.3 Å². The van der Waals surface area contributed by atoms with E-state index in [1.54, 1.807) is 11.6 Å². The van der Waals surface area contributed by atoms with E-state index in [-0.39, 0.29) is 12.2 Å². The first-order valence-electron chi connectivity index (χ1n) is 6.09. The number of esters is 1. The van der Waals surface area contributed by atoms with Gasteiger partial charge in [0.15, 0.2) is 5.69 Å². The summed E-state index contributed by atoms with van der Waals surface area (Å²) in [6.45, 7) is 2.76. The highest BCUT2D eigenvalue weighted by Gasteiger charge is 2.19. The van der Waals surface area contributed by atoms with Crippen LogP contribution in [0.4, 0.5) is 0 Å². The van der Waals surface area contributed by atoms with Crippen molar-refractivity contribution in [3.63, 3.8) is 0 Å². The van der Waals surface area contributed by atoms with Gasteiger partial charge in [-0.25, -0.2) is 9.48 Å². The van der Waals surface area contributed by atoms with Gasteiger partial charge in [-0.3, -0.25) is 0 Å². The number of ether oxygens (including phenoxy) is 1. The Bertz CT molecular complexity index is 551. The van der Waals surface area contributed by atoms with Gasteiger partial charge in [-0.2, -0.15) is 0 Å². The molecule has 0 atom stereocenters. The van der Waals surface area contributed by atoms with Crippen LogP contribution in [0.2, 0.25) is 0 Å². The van der Waals surface area contributed by atoms with Crippen molar-refractivity contribution in [2.24, 2.45) is 5.73 Å². The summed E-state index contributed by atoms with van der Waals surface area (Å²) >= 11 is 0. The smallest absolute Gasteiger partial charge is 0.360 e. The molecule has 0 saturated carbocycles. The number of nitrogens with two attached hydrogens (primary N) is 1. The summed E-state index contributed by atoms with van der Waals surface area (Å²) in [5.74, 6) is -0.484. The van der Waals surface area contributed by atoms with Crippen LogP contribution in [-0.2, 0) is 17.8 Å². The predicted molar refractivity (Wildman–Crippen MR) is 69.4 cm³/mol. The molecule has 2 aromatic rings. The van der Waals surface area contributed by atoms with Crippen LogP contribution >= 0.6 is 0 Å². The third kappa shape index (κ3) is 2.97. The average molecular weight is 260 g/mol. The molecule has 2 N–H and O–H groups in total. The first-order chi connectivity index (χ1) is 9.26. The van der Waals surface area contributed by atoms with Gasteiger partial charge in [0.25, 0.3) is 0 Å². The van der Waals surface area contributed by atoms with Gasteiger partial charge >= 0.3 is 5.97 Å². The van der Waals surface area contributed by atoms with Crippen LogP contribution in [0.1, 0.15) is 28.7 Å². The molecule has 0 aliphatic heterocycles. The Hall–Kier alpha value is -2.21. The standard InChI is InChI=1S/C13H16N4O2/c1-2-19-13(18)12-11(8-14)17(16-15-12)9-10-6-4-3-5-7-10/h3-7H,2,8-9,14H2,1H3. The molecule has 1 aromatic carbocycles. The second-order valence-corrected chi connectivity index (χ2v) is 3.95. The maximum Gasteiger partial charge on any atom is 0.360 e. The maximum atomic E-state index is 11.7. The third-order valence-corrected chi connectivity index (χ3v) is 2.67. The molecule has 6 heteroatoms. The fraction of sp³-hybridized carbons (Fsp3) is 0.308. The van der Waals surface area contributed by atoms with Gasteiger partial charge < -0.3 is 10.5 Å². The lowest BCUT2D eigenvalue weighted by Crippen LogP contribution is -2.14. The number of rotatable bonds is 5. The van der Waals surface area contributed by atoms with Gasteiger partial charge in [0.05, 0.1) is 18.8 Å². The molecule has 100 valence electrons. The number of hydrogen-bond donors (Lipinski definition) is 1. The van der Waals surface area contributed by atoms with Crippen molar-refractivity contribution < 1.29 is 9.53 Å². The largest absolute Gasteiger partial charge is 0.461 e. The molecular weight excluding hydrogens is 244 g/mol. The summed E-state index contributed by atoms with van der Waals surface area (Å²) in [5.41, 5.74) is 7.52. The zero-order valence-electron chi connectivity index (χ0n) is 10.7. The first-order valence-corrected chi connectivity index (χ1v) is 6.09. The quantitative estimate of drug-likeness (QED) is 0.810. The highest BCUT2D eigenvalue weighted by Crippen LogP contribution is 2.09. The van der Waals surface area contributed by atoms with Gasteiger partial charge in [-0.05, 0) is 12.5 Å². The molecular formula is C13H16N4O2. The van der Waals surface area contributed by atoms with Crippen molar-refractivity contribution in [3.8, 4) is 0 Å². The molecule has 0 spiro atoms. The molecule has 1 heterocycles. The Labute approximate surface area is 111 Å². The van der Waals surface area contributed by atoms with Crippen LogP contribution in [0.25, 0.3) is 0 Å². The van der Waals surface area contributed by atoms with Gasteiger partial charge in [0, 0.05) is 6.54 Å². The minimum atomic E-state index is -0.484. The van der Waals surface area contributed by atoms with Crippen molar-refractivity contribution in [3.05, 3.63) is 47.3 Å². The van der Waals surface area contributed by atoms with Crippen LogP contribution in [-0.4, -0.2) is 27.6 Å². The van der Waals surface area contributed by atoms with Crippen LogP contribution in [0.5, 0.6) is 0 Å². The predicted octanol–water partition coefficient (Wildman–Crippen LogP) is 0.962. The monoisotopic (exact) mass is 260 g/mol. The van der Waals surface area contributed by atoms with Crippen molar-refractivity contribution in [1.29, 1.82) is 0 Å². The fourth-order valence-electron chi connectivity index (χ4n) is 1.78. The third-order valence-electron chi connectivity index (χ3n) is 2.67. The second-order valence-electron chi connectivity index (χ2n) is 3.95. The van der Waals surface area contributed by atoms with Crippen LogP contribution in [0, 0.1) is 0 Å². The molecule has 2 rings (SSSR count). The summed E-state index contributed by atoms with van der Waals surface area (Å²) in [7, 11) is 0. The summed E-state index contributed by atoms with van der Waals surface area (Å²) in [4.78, 5) is 11.7. The van der Waals surface area contributed by atoms with Crippen LogP contribution in [0.3, 0.4) is 0 Å². The Kier molecular flexibility index (Phi) is 4.25. The molecule has 1 aromatic heterocycles. The molecule has 6 nitrogen and oxygen atoms in total. The number of hydrogen-bond acceptors (Lipinski definition) is 5. The molecule has 0 amide bonds. The van der Waals surface area contributed by atoms with Gasteiger partial charge in [-0.1, -0.05) is 35.5 Å². The number of carbonyl (C=O) groups excluding carboxylic acids is 1. The van der Waals surface area contributed by atoms with E-state index < -0.39 is 5.97 Å². The number of benzene rings is 1. The van der Waals surface area contributed by atoms with Crippen molar-refractivity contribution in [1.82, 2.24) is 15.0 Å². The minimum absolute atomic E-state index is 0.188. The molecule has 0 radical (unpaired) electrons. The molecule has 0 aliphatic carbocycles. The van der Waals surface area contributed by atoms with E-state index in [0.29, 0.717) is 18.8 Å². The summed E-state index contributed by atoms with van der Waals surface area (Å²) in [6, 6.07) is 9.79. The van der Waals surface area contributed by atoms with Gasteiger partial charge in [-0.15, -0.1) is 5.10 Å². The lowest BCUT2D eigenvalue weighted by atomic mass is 10.2. The molecule has 0 bridgehead atoms. The zero-order chi connectivity index (χ0) is 13.7. The SMILES string of the molecule is CCOC(=O)c1nnn(Cc2ccccc2)c1CN. The Morgan fingerprint density at radius 1 is 1.37 bits per heavy atom. The summed E-state index contributed by atoms with van der Waals surface area (Å²) in [6.07, 6.45) is 0. The highest BCUT2D eigenvalue weighted by molar-refractivity contribution is 5.88. The lowest BCUT2D eigenvalue weighted by Gasteiger charge is -2.05. The highest BCUT2D eigenvalue weighted by atomic mass is 16.5. The van der Waals surface area contributed by atoms with Crippen molar-refractivity contribution >= 4 is 5.97 Å². The van der Waals surface area contributed by atoms with E-state index >= 15 is 0 Å². The first kappa shape index (κ1) is 13.2. The number of aromatic nitrogens is 3. The number of nitrogens with zero attached hydrogens (tertiary/aromatic N) is 3. The van der Waals surface area contributed by atoms with Crippen LogP contribution in [0.15, 0.2) is 30.3 Å². The number of carbonyl (C=O) groups is 1. The molecule has 0 saturated heterocycles. The molecule has 0 unspecified atom stereocenters. The van der Waals surface area contributed by atoms with E-state index in [1.807, 2.05) is 30.3 Å². The summed E-state index contributed by atoms with van der Waals surface area (Å²) in [5, 5.41) is 7.83. The fourth-order valence-corrected chi connectivity index (χ4v) is 1.78. The molecule has 19 heavy (non-hydrogen) atoms. The van der Waals surface area contributed by atoms with Gasteiger partial charge in [0.2, 0.25) is 0 Å². The lowest BCUT2D eigenvalue weighted by molar-refractivity contribution is 0.0518. The second kappa shape index (κ2) is 6.10. The van der Waals surface area contributed by atoms with Crippen molar-refractivity contribution in [2.45, 2.75) is 20.0 Å². The normalized spacial score (nSPS) is 10.4. The average Bonchev–Trinajstić information content (AvgIpc) is 2.83. The van der Waals surface area contributed by atoms with E-state index in [1.165, 1.54) is 0 Å². The van der Waals surface area contributed by atoms with E-state index in [4.69, 9.17) is 10.5 Å². The topological polar surface area (TPSA) is 83.0 Å². The zero-order valence-corrected chi connectivity index (χ0v) is 10.7. The van der Waals surface area contributed by atoms with Gasteiger partial charge in [0.1, 0.15) is 0 Å². The maximum absolute atomic E-state index is 11.7. The Morgan fingerprint density at radius 2 is 2.11 bits per heavy atom. The Balaban J connectivity index is 2.25. The Morgan fingerprint density at radius 3 is 2.74 bits per heavy atom.